The number of carbonyl (C=O) groups excluding carboxylic acids is 1. The van der Waals surface area contributed by atoms with Crippen LogP contribution in [0.2, 0.25) is 0 Å². The molecule has 0 saturated carbocycles. The zero-order valence-electron chi connectivity index (χ0n) is 11.2. The summed E-state index contributed by atoms with van der Waals surface area (Å²) < 4.78 is 9.72. The predicted octanol–water partition coefficient (Wildman–Crippen LogP) is 2.61. The second kappa shape index (κ2) is 6.84. The molecule has 0 aromatic heterocycles. The lowest BCUT2D eigenvalue weighted by atomic mass is 9.99. The monoisotopic (exact) mass is 272 g/mol. The highest BCUT2D eigenvalue weighted by molar-refractivity contribution is 5.97. The highest BCUT2D eigenvalue weighted by Crippen LogP contribution is 2.24. The summed E-state index contributed by atoms with van der Waals surface area (Å²) in [6.07, 6.45) is 0. The Morgan fingerprint density at radius 1 is 1.10 bits per heavy atom. The zero-order chi connectivity index (χ0) is 14.4. The molecule has 0 spiro atoms. The molecule has 0 amide bonds. The first-order valence-electron chi connectivity index (χ1n) is 6.21. The Labute approximate surface area is 117 Å². The Morgan fingerprint density at radius 3 is 2.45 bits per heavy atom. The van der Waals surface area contributed by atoms with E-state index in [1.54, 1.807) is 12.1 Å². The Hall–Kier alpha value is -2.17. The van der Waals surface area contributed by atoms with E-state index in [1.807, 2.05) is 36.4 Å². The van der Waals surface area contributed by atoms with Gasteiger partial charge in [0.05, 0.1) is 12.2 Å². The van der Waals surface area contributed by atoms with Crippen LogP contribution in [0.3, 0.4) is 0 Å². The van der Waals surface area contributed by atoms with E-state index in [1.165, 1.54) is 7.11 Å². The molecule has 4 heteroatoms. The fourth-order valence-electron chi connectivity index (χ4n) is 1.89. The van der Waals surface area contributed by atoms with E-state index < -0.39 is 5.97 Å². The minimum Gasteiger partial charge on any atom is -0.435 e. The molecule has 20 heavy (non-hydrogen) atoms. The highest BCUT2D eigenvalue weighted by atomic mass is 16.7. The van der Waals surface area contributed by atoms with Crippen LogP contribution in [0.25, 0.3) is 11.1 Å². The van der Waals surface area contributed by atoms with Crippen LogP contribution in [-0.2, 0) is 16.1 Å². The Bertz CT molecular complexity index is 575. The largest absolute Gasteiger partial charge is 0.435 e. The van der Waals surface area contributed by atoms with Crippen LogP contribution in [0.5, 0.6) is 0 Å². The van der Waals surface area contributed by atoms with Crippen molar-refractivity contribution in [3.05, 3.63) is 59.7 Å². The number of carbonyl (C=O) groups is 1. The van der Waals surface area contributed by atoms with Gasteiger partial charge in [0.15, 0.2) is 6.79 Å². The van der Waals surface area contributed by atoms with Crippen molar-refractivity contribution in [2.24, 2.45) is 0 Å². The second-order valence-corrected chi connectivity index (χ2v) is 4.24. The molecule has 0 radical (unpaired) electrons. The third-order valence-electron chi connectivity index (χ3n) is 2.90. The quantitative estimate of drug-likeness (QED) is 0.671. The fourth-order valence-corrected chi connectivity index (χ4v) is 1.89. The third kappa shape index (κ3) is 3.23. The number of ether oxygens (including phenoxy) is 2. The van der Waals surface area contributed by atoms with Gasteiger partial charge in [0, 0.05) is 7.11 Å². The molecular weight excluding hydrogens is 256 g/mol. The van der Waals surface area contributed by atoms with E-state index >= 15 is 0 Å². The van der Waals surface area contributed by atoms with Crippen molar-refractivity contribution in [1.29, 1.82) is 0 Å². The Balaban J connectivity index is 2.33. The molecule has 0 bridgehead atoms. The summed E-state index contributed by atoms with van der Waals surface area (Å²) in [5, 5.41) is 9.05. The molecule has 2 rings (SSSR count). The first-order chi connectivity index (χ1) is 9.76. The number of hydrogen-bond donors (Lipinski definition) is 1. The predicted molar refractivity (Wildman–Crippen MR) is 75.1 cm³/mol. The van der Waals surface area contributed by atoms with Gasteiger partial charge in [0.1, 0.15) is 0 Å². The summed E-state index contributed by atoms with van der Waals surface area (Å²) in [7, 11) is 1.47. The lowest BCUT2D eigenvalue weighted by Gasteiger charge is -2.09. The molecule has 0 fully saturated rings. The summed E-state index contributed by atoms with van der Waals surface area (Å²) in [4.78, 5) is 12.0. The van der Waals surface area contributed by atoms with E-state index in [0.29, 0.717) is 5.56 Å². The summed E-state index contributed by atoms with van der Waals surface area (Å²) in [5.74, 6) is -0.423. The van der Waals surface area contributed by atoms with Crippen molar-refractivity contribution in [3.8, 4) is 11.1 Å². The molecule has 0 aliphatic carbocycles. The smallest absolute Gasteiger partial charge is 0.340 e. The van der Waals surface area contributed by atoms with Crippen molar-refractivity contribution >= 4 is 5.97 Å². The van der Waals surface area contributed by atoms with Crippen molar-refractivity contribution < 1.29 is 19.4 Å². The standard InChI is InChI=1S/C16H16O4/c1-19-11-20-16(18)15-5-3-2-4-14(15)13-8-6-12(10-17)7-9-13/h2-9,17H,10-11H2,1H3. The Morgan fingerprint density at radius 2 is 1.80 bits per heavy atom. The first kappa shape index (κ1) is 14.2. The molecule has 0 heterocycles. The summed E-state index contributed by atoms with van der Waals surface area (Å²) in [6.45, 7) is -0.0750. The molecule has 0 aliphatic rings. The van der Waals surface area contributed by atoms with Crippen molar-refractivity contribution in [1.82, 2.24) is 0 Å². The average Bonchev–Trinajstić information content (AvgIpc) is 2.52. The summed E-state index contributed by atoms with van der Waals surface area (Å²) in [6, 6.07) is 14.6. The molecule has 0 saturated heterocycles. The van der Waals surface area contributed by atoms with Crippen LogP contribution in [-0.4, -0.2) is 25.0 Å². The highest BCUT2D eigenvalue weighted by Gasteiger charge is 2.13. The topological polar surface area (TPSA) is 55.8 Å². The maximum absolute atomic E-state index is 12.0. The average molecular weight is 272 g/mol. The lowest BCUT2D eigenvalue weighted by molar-refractivity contribution is -0.0124. The number of esters is 1. The van der Waals surface area contributed by atoms with Crippen LogP contribution in [0.4, 0.5) is 0 Å². The van der Waals surface area contributed by atoms with Gasteiger partial charge >= 0.3 is 5.97 Å². The van der Waals surface area contributed by atoms with Crippen molar-refractivity contribution in [2.45, 2.75) is 6.61 Å². The van der Waals surface area contributed by atoms with Crippen LogP contribution >= 0.6 is 0 Å². The van der Waals surface area contributed by atoms with Crippen LogP contribution in [0.1, 0.15) is 15.9 Å². The first-order valence-corrected chi connectivity index (χ1v) is 6.21. The SMILES string of the molecule is COCOC(=O)c1ccccc1-c1ccc(CO)cc1. The fraction of sp³-hybridized carbons (Fsp3) is 0.188. The van der Waals surface area contributed by atoms with Gasteiger partial charge in [-0.1, -0.05) is 42.5 Å². The zero-order valence-corrected chi connectivity index (χ0v) is 11.2. The van der Waals surface area contributed by atoms with Gasteiger partial charge in [-0.2, -0.15) is 0 Å². The minimum absolute atomic E-state index is 0.00218. The van der Waals surface area contributed by atoms with Gasteiger partial charge in [0.2, 0.25) is 0 Å². The van der Waals surface area contributed by atoms with E-state index in [9.17, 15) is 4.79 Å². The molecule has 2 aromatic carbocycles. The molecular formula is C16H16O4. The number of methoxy groups -OCH3 is 1. The normalized spacial score (nSPS) is 10.3. The molecule has 0 atom stereocenters. The molecule has 4 nitrogen and oxygen atoms in total. The summed E-state index contributed by atoms with van der Waals surface area (Å²) in [5.41, 5.74) is 3.00. The maximum atomic E-state index is 12.0. The van der Waals surface area contributed by atoms with E-state index in [2.05, 4.69) is 0 Å². The van der Waals surface area contributed by atoms with Gasteiger partial charge < -0.3 is 14.6 Å². The molecule has 2 aromatic rings. The van der Waals surface area contributed by atoms with Crippen molar-refractivity contribution in [2.75, 3.05) is 13.9 Å². The van der Waals surface area contributed by atoms with Gasteiger partial charge in [-0.25, -0.2) is 4.79 Å². The number of hydrogen-bond acceptors (Lipinski definition) is 4. The second-order valence-electron chi connectivity index (χ2n) is 4.24. The van der Waals surface area contributed by atoms with Crippen LogP contribution in [0.15, 0.2) is 48.5 Å². The third-order valence-corrected chi connectivity index (χ3v) is 2.90. The van der Waals surface area contributed by atoms with Gasteiger partial charge in [-0.05, 0) is 22.8 Å². The molecule has 0 aliphatic heterocycles. The number of aliphatic hydroxyl groups excluding tert-OH is 1. The number of rotatable bonds is 5. The van der Waals surface area contributed by atoms with E-state index in [4.69, 9.17) is 14.6 Å². The molecule has 1 N–H and O–H groups in total. The maximum Gasteiger partial charge on any atom is 0.340 e. The van der Waals surface area contributed by atoms with Gasteiger partial charge in [-0.15, -0.1) is 0 Å². The summed E-state index contributed by atoms with van der Waals surface area (Å²) >= 11 is 0. The molecule has 104 valence electrons. The van der Waals surface area contributed by atoms with Crippen molar-refractivity contribution in [3.63, 3.8) is 0 Å². The van der Waals surface area contributed by atoms with Gasteiger partial charge in [0.25, 0.3) is 0 Å². The molecule has 0 unspecified atom stereocenters. The number of aliphatic hydroxyl groups is 1. The van der Waals surface area contributed by atoms with Gasteiger partial charge in [-0.3, -0.25) is 0 Å². The van der Waals surface area contributed by atoms with Crippen LogP contribution in [0, 0.1) is 0 Å². The number of benzene rings is 2. The minimum atomic E-state index is -0.423. The van der Waals surface area contributed by atoms with Crippen LogP contribution < -0.4 is 0 Å². The lowest BCUT2D eigenvalue weighted by Crippen LogP contribution is -2.08. The Kier molecular flexibility index (Phi) is 4.87. The van der Waals surface area contributed by atoms with E-state index in [-0.39, 0.29) is 13.4 Å². The van der Waals surface area contributed by atoms with E-state index in [0.717, 1.165) is 16.7 Å².